The number of aromatic nitrogens is 2. The van der Waals surface area contributed by atoms with Gasteiger partial charge < -0.3 is 4.74 Å². The van der Waals surface area contributed by atoms with E-state index in [2.05, 4.69) is 9.84 Å². The Morgan fingerprint density at radius 3 is 2.54 bits per heavy atom. The summed E-state index contributed by atoms with van der Waals surface area (Å²) in [5, 5.41) is 3.84. The Labute approximate surface area is 73.1 Å². The predicted molar refractivity (Wildman–Crippen MR) is 39.5 cm³/mol. The van der Waals surface area contributed by atoms with Crippen LogP contribution in [0.2, 0.25) is 0 Å². The summed E-state index contributed by atoms with van der Waals surface area (Å²) in [4.78, 5) is 0. The van der Waals surface area contributed by atoms with Crippen LogP contribution in [0, 0.1) is 6.92 Å². The van der Waals surface area contributed by atoms with Crippen molar-refractivity contribution in [3.05, 3.63) is 11.8 Å². The average molecular weight is 194 g/mol. The number of hydrogen-bond acceptors (Lipinski definition) is 2. The maximum Gasteiger partial charge on any atom is 0.422 e. The minimum absolute atomic E-state index is 0.120. The second-order valence-corrected chi connectivity index (χ2v) is 2.65. The van der Waals surface area contributed by atoms with Crippen LogP contribution in [0.3, 0.4) is 0 Å². The fourth-order valence-corrected chi connectivity index (χ4v) is 0.878. The first-order chi connectivity index (χ1) is 5.88. The maximum absolute atomic E-state index is 11.7. The molecule has 0 unspecified atom stereocenters. The van der Waals surface area contributed by atoms with Crippen LogP contribution in [0.5, 0.6) is 5.88 Å². The van der Waals surface area contributed by atoms with Crippen LogP contribution in [0.15, 0.2) is 6.07 Å². The number of hydrogen-bond donors (Lipinski definition) is 0. The highest BCUT2D eigenvalue weighted by Gasteiger charge is 2.28. The predicted octanol–water partition coefficient (Wildman–Crippen LogP) is 1.67. The van der Waals surface area contributed by atoms with Gasteiger partial charge in [-0.3, -0.25) is 0 Å². The van der Waals surface area contributed by atoms with Gasteiger partial charge in [-0.15, -0.1) is 0 Å². The van der Waals surface area contributed by atoms with Crippen molar-refractivity contribution in [3.8, 4) is 5.88 Å². The first kappa shape index (κ1) is 9.88. The lowest BCUT2D eigenvalue weighted by Gasteiger charge is -2.07. The minimum Gasteiger partial charge on any atom is -0.468 e. The molecule has 1 aromatic heterocycles. The van der Waals surface area contributed by atoms with E-state index in [1.165, 1.54) is 17.8 Å². The Kier molecular flexibility index (Phi) is 2.49. The molecular formula is C7H9F3N2O. The van der Waals surface area contributed by atoms with Gasteiger partial charge in [0, 0.05) is 13.1 Å². The monoisotopic (exact) mass is 194 g/mol. The minimum atomic E-state index is -4.31. The first-order valence-electron chi connectivity index (χ1n) is 3.59. The molecule has 0 bridgehead atoms. The summed E-state index contributed by atoms with van der Waals surface area (Å²) in [7, 11) is 1.53. The SMILES string of the molecule is Cc1cc(OCC(F)(F)F)n(C)n1. The molecule has 0 saturated carbocycles. The Morgan fingerprint density at radius 2 is 2.15 bits per heavy atom. The van der Waals surface area contributed by atoms with Crippen LogP contribution in [0.25, 0.3) is 0 Å². The van der Waals surface area contributed by atoms with E-state index in [1.54, 1.807) is 6.92 Å². The van der Waals surface area contributed by atoms with Crippen LogP contribution in [0.1, 0.15) is 5.69 Å². The molecule has 1 aromatic rings. The number of alkyl halides is 3. The van der Waals surface area contributed by atoms with Crippen molar-refractivity contribution in [3.63, 3.8) is 0 Å². The summed E-state index contributed by atoms with van der Waals surface area (Å²) >= 11 is 0. The smallest absolute Gasteiger partial charge is 0.422 e. The molecule has 0 amide bonds. The highest BCUT2D eigenvalue weighted by Crippen LogP contribution is 2.18. The van der Waals surface area contributed by atoms with Gasteiger partial charge in [-0.2, -0.15) is 18.3 Å². The van der Waals surface area contributed by atoms with Crippen molar-refractivity contribution < 1.29 is 17.9 Å². The van der Waals surface area contributed by atoms with E-state index >= 15 is 0 Å². The normalized spacial score (nSPS) is 11.8. The topological polar surface area (TPSA) is 27.1 Å². The molecule has 0 saturated heterocycles. The molecule has 0 aliphatic heterocycles. The molecule has 13 heavy (non-hydrogen) atoms. The Balaban J connectivity index is 2.59. The van der Waals surface area contributed by atoms with Gasteiger partial charge in [0.1, 0.15) is 0 Å². The van der Waals surface area contributed by atoms with Crippen molar-refractivity contribution in [2.24, 2.45) is 7.05 Å². The molecule has 6 heteroatoms. The van der Waals surface area contributed by atoms with Gasteiger partial charge in [0.15, 0.2) is 6.61 Å². The van der Waals surface area contributed by atoms with Gasteiger partial charge in [0.05, 0.1) is 5.69 Å². The van der Waals surface area contributed by atoms with Crippen molar-refractivity contribution >= 4 is 0 Å². The lowest BCUT2D eigenvalue weighted by atomic mass is 10.5. The Bertz CT molecular complexity index is 292. The zero-order chi connectivity index (χ0) is 10.1. The zero-order valence-electron chi connectivity index (χ0n) is 7.22. The highest BCUT2D eigenvalue weighted by molar-refractivity contribution is 5.14. The van der Waals surface area contributed by atoms with Crippen LogP contribution in [-0.2, 0) is 7.05 Å². The second kappa shape index (κ2) is 3.27. The summed E-state index contributed by atoms with van der Waals surface area (Å²) in [6.07, 6.45) is -4.31. The van der Waals surface area contributed by atoms with Gasteiger partial charge in [-0.25, -0.2) is 4.68 Å². The van der Waals surface area contributed by atoms with Crippen LogP contribution < -0.4 is 4.74 Å². The van der Waals surface area contributed by atoms with E-state index < -0.39 is 12.8 Å². The molecule has 1 heterocycles. The fraction of sp³-hybridized carbons (Fsp3) is 0.571. The molecule has 0 radical (unpaired) electrons. The standard InChI is InChI=1S/C7H9F3N2O/c1-5-3-6(12(2)11-5)13-4-7(8,9)10/h3H,4H2,1-2H3. The Hall–Kier alpha value is -1.20. The third-order valence-corrected chi connectivity index (χ3v) is 1.34. The molecule has 0 fully saturated rings. The molecule has 0 aliphatic rings. The lowest BCUT2D eigenvalue weighted by molar-refractivity contribution is -0.154. The van der Waals surface area contributed by atoms with Crippen molar-refractivity contribution in [1.29, 1.82) is 0 Å². The highest BCUT2D eigenvalue weighted by atomic mass is 19.4. The molecule has 0 N–H and O–H groups in total. The average Bonchev–Trinajstić information content (AvgIpc) is 2.24. The molecule has 0 spiro atoms. The van der Waals surface area contributed by atoms with Crippen LogP contribution >= 0.6 is 0 Å². The number of ether oxygens (including phenoxy) is 1. The summed E-state index contributed by atoms with van der Waals surface area (Å²) in [6, 6.07) is 1.45. The van der Waals surface area contributed by atoms with Gasteiger partial charge >= 0.3 is 6.18 Å². The molecule has 0 aliphatic carbocycles. The first-order valence-corrected chi connectivity index (χ1v) is 3.59. The van der Waals surface area contributed by atoms with Crippen molar-refractivity contribution in [2.45, 2.75) is 13.1 Å². The maximum atomic E-state index is 11.7. The summed E-state index contributed by atoms with van der Waals surface area (Å²) < 4.78 is 40.9. The Morgan fingerprint density at radius 1 is 1.54 bits per heavy atom. The summed E-state index contributed by atoms with van der Waals surface area (Å²) in [5.41, 5.74) is 0.625. The third-order valence-electron chi connectivity index (χ3n) is 1.34. The van der Waals surface area contributed by atoms with Gasteiger partial charge in [0.25, 0.3) is 0 Å². The lowest BCUT2D eigenvalue weighted by Crippen LogP contribution is -2.20. The summed E-state index contributed by atoms with van der Waals surface area (Å²) in [5.74, 6) is 0.120. The molecule has 3 nitrogen and oxygen atoms in total. The largest absolute Gasteiger partial charge is 0.468 e. The number of aryl methyl sites for hydroxylation is 2. The van der Waals surface area contributed by atoms with Crippen LogP contribution in [0.4, 0.5) is 13.2 Å². The van der Waals surface area contributed by atoms with Gasteiger partial charge in [-0.05, 0) is 6.92 Å². The number of halogens is 3. The molecule has 1 rings (SSSR count). The molecule has 0 atom stereocenters. The molecule has 0 aromatic carbocycles. The zero-order valence-corrected chi connectivity index (χ0v) is 7.22. The molecular weight excluding hydrogens is 185 g/mol. The number of nitrogens with zero attached hydrogens (tertiary/aromatic N) is 2. The van der Waals surface area contributed by atoms with Crippen molar-refractivity contribution in [1.82, 2.24) is 9.78 Å². The van der Waals surface area contributed by atoms with Crippen molar-refractivity contribution in [2.75, 3.05) is 6.61 Å². The van der Waals surface area contributed by atoms with E-state index in [9.17, 15) is 13.2 Å². The van der Waals surface area contributed by atoms with E-state index in [0.29, 0.717) is 5.69 Å². The molecule has 74 valence electrons. The van der Waals surface area contributed by atoms with E-state index in [-0.39, 0.29) is 5.88 Å². The quantitative estimate of drug-likeness (QED) is 0.716. The van der Waals surface area contributed by atoms with E-state index in [4.69, 9.17) is 0 Å². The van der Waals surface area contributed by atoms with E-state index in [0.717, 1.165) is 0 Å². The fourth-order valence-electron chi connectivity index (χ4n) is 0.878. The third kappa shape index (κ3) is 2.96. The van der Waals surface area contributed by atoms with Gasteiger partial charge in [-0.1, -0.05) is 0 Å². The second-order valence-electron chi connectivity index (χ2n) is 2.65. The summed E-state index contributed by atoms with van der Waals surface area (Å²) in [6.45, 7) is 0.395. The van der Waals surface area contributed by atoms with Crippen LogP contribution in [-0.4, -0.2) is 22.6 Å². The van der Waals surface area contributed by atoms with Gasteiger partial charge in [0.2, 0.25) is 5.88 Å². The van der Waals surface area contributed by atoms with E-state index in [1.807, 2.05) is 0 Å². The number of rotatable bonds is 2.